The lowest BCUT2D eigenvalue weighted by Crippen LogP contribution is -2.36. The van der Waals surface area contributed by atoms with E-state index >= 15 is 0 Å². The van der Waals surface area contributed by atoms with Crippen molar-refractivity contribution < 1.29 is 4.79 Å². The molecule has 0 unspecified atom stereocenters. The molecule has 1 N–H and O–H groups in total. The summed E-state index contributed by atoms with van der Waals surface area (Å²) in [4.78, 5) is 16.1. The van der Waals surface area contributed by atoms with Crippen LogP contribution in [0, 0.1) is 0 Å². The molecule has 110 valence electrons. The summed E-state index contributed by atoms with van der Waals surface area (Å²) >= 11 is 0. The summed E-state index contributed by atoms with van der Waals surface area (Å²) in [6.07, 6.45) is 4.16. The average Bonchev–Trinajstić information content (AvgIpc) is 2.48. The van der Waals surface area contributed by atoms with Crippen LogP contribution in [0.15, 0.2) is 24.3 Å². The summed E-state index contributed by atoms with van der Waals surface area (Å²) < 4.78 is 0. The normalized spacial score (nSPS) is 15.0. The highest BCUT2D eigenvalue weighted by molar-refractivity contribution is 5.76. The first-order valence-corrected chi connectivity index (χ1v) is 7.46. The van der Waals surface area contributed by atoms with E-state index in [9.17, 15) is 4.79 Å². The lowest BCUT2D eigenvalue weighted by Gasteiger charge is -2.26. The van der Waals surface area contributed by atoms with Crippen molar-refractivity contribution in [3.05, 3.63) is 24.3 Å². The molecule has 0 saturated carbocycles. The first-order valence-electron chi connectivity index (χ1n) is 7.46. The summed E-state index contributed by atoms with van der Waals surface area (Å²) in [5.41, 5.74) is 2.25. The fourth-order valence-electron chi connectivity index (χ4n) is 2.49. The molecule has 1 fully saturated rings. The van der Waals surface area contributed by atoms with E-state index in [1.165, 1.54) is 12.1 Å². The highest BCUT2D eigenvalue weighted by Crippen LogP contribution is 2.16. The van der Waals surface area contributed by atoms with Crippen LogP contribution in [0.1, 0.15) is 25.7 Å². The van der Waals surface area contributed by atoms with Crippen LogP contribution >= 0.6 is 0 Å². The molecule has 0 bridgehead atoms. The Balaban J connectivity index is 1.73. The summed E-state index contributed by atoms with van der Waals surface area (Å²) in [6, 6.07) is 8.27. The number of hydrogen-bond acceptors (Lipinski definition) is 3. The minimum Gasteiger partial charge on any atom is -0.385 e. The van der Waals surface area contributed by atoms with Crippen LogP contribution in [0.5, 0.6) is 0 Å². The first-order chi connectivity index (χ1) is 9.66. The fourth-order valence-corrected chi connectivity index (χ4v) is 2.49. The minimum atomic E-state index is 0.280. The van der Waals surface area contributed by atoms with Crippen molar-refractivity contribution in [2.75, 3.05) is 43.9 Å². The zero-order valence-corrected chi connectivity index (χ0v) is 12.6. The number of rotatable bonds is 5. The molecule has 1 aliphatic rings. The van der Waals surface area contributed by atoms with Crippen LogP contribution in [-0.2, 0) is 4.79 Å². The molecule has 0 aromatic heterocycles. The molecule has 4 nitrogen and oxygen atoms in total. The van der Waals surface area contributed by atoms with Crippen molar-refractivity contribution in [1.29, 1.82) is 0 Å². The van der Waals surface area contributed by atoms with E-state index in [0.717, 1.165) is 31.6 Å². The fraction of sp³-hybridized carbons (Fsp3) is 0.562. The Hall–Kier alpha value is -1.71. The Morgan fingerprint density at radius 2 is 1.80 bits per heavy atom. The quantitative estimate of drug-likeness (QED) is 0.897. The first kappa shape index (κ1) is 14.7. The van der Waals surface area contributed by atoms with Gasteiger partial charge in [-0.05, 0) is 43.5 Å². The van der Waals surface area contributed by atoms with Crippen LogP contribution in [0.4, 0.5) is 11.4 Å². The van der Waals surface area contributed by atoms with Gasteiger partial charge < -0.3 is 15.1 Å². The van der Waals surface area contributed by atoms with E-state index < -0.39 is 0 Å². The van der Waals surface area contributed by atoms with Crippen molar-refractivity contribution >= 4 is 17.3 Å². The Morgan fingerprint density at radius 3 is 2.40 bits per heavy atom. The summed E-state index contributed by atoms with van der Waals surface area (Å²) in [5.74, 6) is 0.280. The standard InChI is InChI=1S/C16H25N3O/c1-18(2)15-8-6-14(7-9-15)17-11-10-16(20)19-12-4-3-5-13-19/h6-9,17H,3-5,10-13H2,1-2H3. The highest BCUT2D eigenvalue weighted by atomic mass is 16.2. The molecule has 2 rings (SSSR count). The number of piperidine rings is 1. The van der Waals surface area contributed by atoms with Gasteiger partial charge in [0.1, 0.15) is 0 Å². The Morgan fingerprint density at radius 1 is 1.15 bits per heavy atom. The molecular formula is C16H25N3O. The molecule has 1 heterocycles. The van der Waals surface area contributed by atoms with Crippen molar-refractivity contribution in [3.63, 3.8) is 0 Å². The molecule has 4 heteroatoms. The number of anilines is 2. The Bertz CT molecular complexity index is 422. The second-order valence-corrected chi connectivity index (χ2v) is 5.56. The Kier molecular flexibility index (Phi) is 5.27. The van der Waals surface area contributed by atoms with E-state index in [-0.39, 0.29) is 5.91 Å². The second kappa shape index (κ2) is 7.17. The maximum Gasteiger partial charge on any atom is 0.224 e. The molecule has 1 saturated heterocycles. The smallest absolute Gasteiger partial charge is 0.224 e. The van der Waals surface area contributed by atoms with Crippen LogP contribution in [0.2, 0.25) is 0 Å². The topological polar surface area (TPSA) is 35.6 Å². The largest absolute Gasteiger partial charge is 0.385 e. The van der Waals surface area contributed by atoms with Gasteiger partial charge in [0.25, 0.3) is 0 Å². The number of benzene rings is 1. The van der Waals surface area contributed by atoms with Gasteiger partial charge in [0, 0.05) is 51.5 Å². The van der Waals surface area contributed by atoms with E-state index in [1.807, 2.05) is 19.0 Å². The molecule has 1 aromatic rings. The number of carbonyl (C=O) groups excluding carboxylic acids is 1. The molecule has 0 radical (unpaired) electrons. The minimum absolute atomic E-state index is 0.280. The number of amides is 1. The Labute approximate surface area is 121 Å². The second-order valence-electron chi connectivity index (χ2n) is 5.56. The number of carbonyl (C=O) groups is 1. The third-order valence-electron chi connectivity index (χ3n) is 3.76. The molecule has 0 atom stereocenters. The third kappa shape index (κ3) is 4.15. The molecular weight excluding hydrogens is 250 g/mol. The van der Waals surface area contributed by atoms with Gasteiger partial charge in [0.15, 0.2) is 0 Å². The van der Waals surface area contributed by atoms with Crippen LogP contribution in [0.3, 0.4) is 0 Å². The number of nitrogens with one attached hydrogen (secondary N) is 1. The van der Waals surface area contributed by atoms with E-state index in [2.05, 4.69) is 34.5 Å². The van der Waals surface area contributed by atoms with Gasteiger partial charge in [-0.15, -0.1) is 0 Å². The van der Waals surface area contributed by atoms with Gasteiger partial charge in [-0.25, -0.2) is 0 Å². The maximum absolute atomic E-state index is 12.0. The average molecular weight is 275 g/mol. The molecule has 20 heavy (non-hydrogen) atoms. The van der Waals surface area contributed by atoms with Gasteiger partial charge in [0.05, 0.1) is 0 Å². The summed E-state index contributed by atoms with van der Waals surface area (Å²) in [6.45, 7) is 2.59. The van der Waals surface area contributed by atoms with Crippen molar-refractivity contribution in [3.8, 4) is 0 Å². The zero-order valence-electron chi connectivity index (χ0n) is 12.6. The van der Waals surface area contributed by atoms with Gasteiger partial charge in [-0.2, -0.15) is 0 Å². The van der Waals surface area contributed by atoms with Gasteiger partial charge in [-0.1, -0.05) is 0 Å². The van der Waals surface area contributed by atoms with E-state index in [0.29, 0.717) is 13.0 Å². The van der Waals surface area contributed by atoms with Crippen molar-refractivity contribution in [1.82, 2.24) is 4.90 Å². The molecule has 1 aliphatic heterocycles. The number of likely N-dealkylation sites (tertiary alicyclic amines) is 1. The van der Waals surface area contributed by atoms with Crippen LogP contribution in [0.25, 0.3) is 0 Å². The zero-order chi connectivity index (χ0) is 14.4. The third-order valence-corrected chi connectivity index (χ3v) is 3.76. The molecule has 1 aromatic carbocycles. The lowest BCUT2D eigenvalue weighted by atomic mass is 10.1. The van der Waals surface area contributed by atoms with E-state index in [4.69, 9.17) is 0 Å². The molecule has 0 aliphatic carbocycles. The maximum atomic E-state index is 12.0. The molecule has 1 amide bonds. The molecule has 0 spiro atoms. The van der Waals surface area contributed by atoms with Crippen LogP contribution < -0.4 is 10.2 Å². The number of nitrogens with zero attached hydrogens (tertiary/aromatic N) is 2. The van der Waals surface area contributed by atoms with Crippen molar-refractivity contribution in [2.24, 2.45) is 0 Å². The highest BCUT2D eigenvalue weighted by Gasteiger charge is 2.15. The van der Waals surface area contributed by atoms with Gasteiger partial charge >= 0.3 is 0 Å². The SMILES string of the molecule is CN(C)c1ccc(NCCC(=O)N2CCCCC2)cc1. The van der Waals surface area contributed by atoms with Crippen LogP contribution in [-0.4, -0.2) is 44.5 Å². The van der Waals surface area contributed by atoms with Gasteiger partial charge in [0.2, 0.25) is 5.91 Å². The predicted molar refractivity (Wildman–Crippen MR) is 84.3 cm³/mol. The summed E-state index contributed by atoms with van der Waals surface area (Å²) in [5, 5.41) is 3.31. The monoisotopic (exact) mass is 275 g/mol. The number of hydrogen-bond donors (Lipinski definition) is 1. The lowest BCUT2D eigenvalue weighted by molar-refractivity contribution is -0.131. The van der Waals surface area contributed by atoms with Gasteiger partial charge in [-0.3, -0.25) is 4.79 Å². The van der Waals surface area contributed by atoms with Crippen molar-refractivity contribution in [2.45, 2.75) is 25.7 Å². The predicted octanol–water partition coefficient (Wildman–Crippen LogP) is 2.57. The van der Waals surface area contributed by atoms with E-state index in [1.54, 1.807) is 0 Å². The summed E-state index contributed by atoms with van der Waals surface area (Å²) in [7, 11) is 4.06.